The number of piperidine rings is 1. The molecule has 0 aliphatic carbocycles. The summed E-state index contributed by atoms with van der Waals surface area (Å²) in [6.45, 7) is 2.36. The van der Waals surface area contributed by atoms with E-state index in [4.69, 9.17) is 10.5 Å². The lowest BCUT2D eigenvalue weighted by Crippen LogP contribution is -2.37. The van der Waals surface area contributed by atoms with Crippen LogP contribution in [0.25, 0.3) is 0 Å². The van der Waals surface area contributed by atoms with Crippen LogP contribution >= 0.6 is 0 Å². The molecule has 2 aromatic rings. The maximum Gasteiger partial charge on any atom is 0.253 e. The van der Waals surface area contributed by atoms with Crippen LogP contribution in [0.1, 0.15) is 46.7 Å². The molecule has 2 saturated heterocycles. The van der Waals surface area contributed by atoms with Gasteiger partial charge in [0.25, 0.3) is 5.91 Å². The van der Waals surface area contributed by atoms with Crippen molar-refractivity contribution in [3.05, 3.63) is 65.2 Å². The monoisotopic (exact) mass is 467 g/mol. The van der Waals surface area contributed by atoms with Crippen LogP contribution in [0.5, 0.6) is 5.75 Å². The highest BCUT2D eigenvalue weighted by molar-refractivity contribution is 5.94. The third-order valence-corrected chi connectivity index (χ3v) is 6.72. The van der Waals surface area contributed by atoms with Gasteiger partial charge < -0.3 is 30.5 Å². The van der Waals surface area contributed by atoms with Gasteiger partial charge in [0.15, 0.2) is 0 Å². The molecule has 2 atom stereocenters. The minimum absolute atomic E-state index is 0.0178. The van der Waals surface area contributed by atoms with E-state index < -0.39 is 12.2 Å². The van der Waals surface area contributed by atoms with Crippen LogP contribution in [0.2, 0.25) is 0 Å². The van der Waals surface area contributed by atoms with E-state index in [9.17, 15) is 19.8 Å². The lowest BCUT2D eigenvalue weighted by Gasteiger charge is -2.32. The summed E-state index contributed by atoms with van der Waals surface area (Å²) >= 11 is 0. The summed E-state index contributed by atoms with van der Waals surface area (Å²) in [5, 5.41) is 19.2. The molecule has 0 bridgehead atoms. The predicted molar refractivity (Wildman–Crippen MR) is 127 cm³/mol. The Bertz CT molecular complexity index is 995. The van der Waals surface area contributed by atoms with Crippen LogP contribution in [0.3, 0.4) is 0 Å². The molecule has 4 rings (SSSR count). The third-order valence-electron chi connectivity index (χ3n) is 6.72. The van der Waals surface area contributed by atoms with Crippen molar-refractivity contribution in [3.8, 4) is 5.75 Å². The Morgan fingerprint density at radius 3 is 2.38 bits per heavy atom. The minimum atomic E-state index is -0.895. The molecule has 2 aromatic carbocycles. The van der Waals surface area contributed by atoms with Crippen LogP contribution in [-0.4, -0.2) is 76.8 Å². The number of aliphatic hydroxyl groups is 2. The summed E-state index contributed by atoms with van der Waals surface area (Å²) in [5.74, 6) is 0.771. The molecule has 182 valence electrons. The van der Waals surface area contributed by atoms with Crippen molar-refractivity contribution in [1.82, 2.24) is 9.80 Å². The lowest BCUT2D eigenvalue weighted by atomic mass is 9.88. The quantitative estimate of drug-likeness (QED) is 0.568. The van der Waals surface area contributed by atoms with Crippen LogP contribution in [0.4, 0.5) is 0 Å². The molecule has 0 saturated carbocycles. The highest BCUT2D eigenvalue weighted by atomic mass is 16.5. The second kappa shape index (κ2) is 11.0. The van der Waals surface area contributed by atoms with Gasteiger partial charge in [0.05, 0.1) is 25.2 Å². The maximum absolute atomic E-state index is 13.1. The largest absolute Gasteiger partial charge is 0.493 e. The van der Waals surface area contributed by atoms with Crippen molar-refractivity contribution >= 4 is 11.8 Å². The Morgan fingerprint density at radius 1 is 0.971 bits per heavy atom. The number of ether oxygens (including phenoxy) is 1. The van der Waals surface area contributed by atoms with Gasteiger partial charge in [0.1, 0.15) is 5.75 Å². The Kier molecular flexibility index (Phi) is 7.82. The molecule has 2 amide bonds. The number of nitrogens with two attached hydrogens (primary N) is 1. The van der Waals surface area contributed by atoms with E-state index in [1.807, 2.05) is 17.0 Å². The van der Waals surface area contributed by atoms with Gasteiger partial charge in [-0.05, 0) is 48.1 Å². The molecule has 4 N–H and O–H groups in total. The number of carbonyl (C=O) groups excluding carboxylic acids is 2. The zero-order chi connectivity index (χ0) is 24.1. The average molecular weight is 468 g/mol. The van der Waals surface area contributed by atoms with E-state index in [1.54, 1.807) is 24.3 Å². The predicted octanol–water partition coefficient (Wildman–Crippen LogP) is 1.50. The van der Waals surface area contributed by atoms with Crippen molar-refractivity contribution in [2.75, 3.05) is 32.8 Å². The number of hydrogen-bond acceptors (Lipinski definition) is 6. The number of amides is 2. The van der Waals surface area contributed by atoms with Crippen LogP contribution in [0, 0.1) is 0 Å². The van der Waals surface area contributed by atoms with E-state index in [-0.39, 0.29) is 37.9 Å². The standard InChI is InChI=1S/C26H33N3O5/c27-15-18-3-1-4-20(13-18)19-7-10-28(11-8-19)26(33)21-5-2-6-22(14-21)34-12-9-25(32)29-16-23(30)24(31)17-29/h1-6,13-14,19,23-24,30-31H,7-12,15-17,27H2/t23-,24+. The number of carbonyl (C=O) groups is 2. The highest BCUT2D eigenvalue weighted by Gasteiger charge is 2.32. The number of benzene rings is 2. The Balaban J connectivity index is 1.27. The molecule has 8 nitrogen and oxygen atoms in total. The molecule has 8 heteroatoms. The number of hydrogen-bond donors (Lipinski definition) is 3. The summed E-state index contributed by atoms with van der Waals surface area (Å²) in [6.07, 6.45) is 0.175. The van der Waals surface area contributed by atoms with Crippen LogP contribution < -0.4 is 10.5 Å². The molecule has 0 unspecified atom stereocenters. The van der Waals surface area contributed by atoms with Gasteiger partial charge >= 0.3 is 0 Å². The molecular formula is C26H33N3O5. The van der Waals surface area contributed by atoms with E-state index in [1.165, 1.54) is 10.5 Å². The number of rotatable bonds is 7. The maximum atomic E-state index is 13.1. The fourth-order valence-electron chi connectivity index (χ4n) is 4.68. The van der Waals surface area contributed by atoms with E-state index in [2.05, 4.69) is 12.1 Å². The Morgan fingerprint density at radius 2 is 1.68 bits per heavy atom. The summed E-state index contributed by atoms with van der Waals surface area (Å²) in [5.41, 5.74) is 8.76. The summed E-state index contributed by atoms with van der Waals surface area (Å²) < 4.78 is 5.71. The number of β-amino-alcohol motifs (C(OH)–C–C–N with tert-alkyl or cyclic N) is 2. The Labute approximate surface area is 199 Å². The van der Waals surface area contributed by atoms with E-state index >= 15 is 0 Å². The van der Waals surface area contributed by atoms with Gasteiger partial charge in [-0.1, -0.05) is 30.3 Å². The average Bonchev–Trinajstić information content (AvgIpc) is 3.22. The van der Waals surface area contributed by atoms with Gasteiger partial charge in [0.2, 0.25) is 5.91 Å². The molecule has 2 heterocycles. The molecule has 0 radical (unpaired) electrons. The zero-order valence-corrected chi connectivity index (χ0v) is 19.3. The van der Waals surface area contributed by atoms with E-state index in [0.29, 0.717) is 36.9 Å². The highest BCUT2D eigenvalue weighted by Crippen LogP contribution is 2.29. The lowest BCUT2D eigenvalue weighted by molar-refractivity contribution is -0.131. The third kappa shape index (κ3) is 5.75. The first-order valence-corrected chi connectivity index (χ1v) is 11.9. The molecule has 2 aliphatic heterocycles. The number of likely N-dealkylation sites (tertiary alicyclic amines) is 2. The molecular weight excluding hydrogens is 434 g/mol. The van der Waals surface area contributed by atoms with Gasteiger partial charge in [-0.15, -0.1) is 0 Å². The second-order valence-corrected chi connectivity index (χ2v) is 9.08. The minimum Gasteiger partial charge on any atom is -0.493 e. The SMILES string of the molecule is NCc1cccc(C2CCN(C(=O)c3cccc(OCCC(=O)N4C[C@@H](O)[C@@H](O)C4)c3)CC2)c1. The van der Waals surface area contributed by atoms with Crippen LogP contribution in [0.15, 0.2) is 48.5 Å². The van der Waals surface area contributed by atoms with Crippen molar-refractivity contribution in [1.29, 1.82) is 0 Å². The molecule has 34 heavy (non-hydrogen) atoms. The first-order chi connectivity index (χ1) is 16.4. The summed E-state index contributed by atoms with van der Waals surface area (Å²) in [6, 6.07) is 15.4. The summed E-state index contributed by atoms with van der Waals surface area (Å²) in [4.78, 5) is 28.6. The van der Waals surface area contributed by atoms with Gasteiger partial charge in [-0.25, -0.2) is 0 Å². The van der Waals surface area contributed by atoms with Crippen molar-refractivity contribution < 1.29 is 24.5 Å². The molecule has 0 spiro atoms. The van der Waals surface area contributed by atoms with E-state index in [0.717, 1.165) is 18.4 Å². The molecule has 0 aromatic heterocycles. The smallest absolute Gasteiger partial charge is 0.253 e. The first kappa shape index (κ1) is 24.2. The first-order valence-electron chi connectivity index (χ1n) is 11.9. The van der Waals surface area contributed by atoms with Crippen LogP contribution in [-0.2, 0) is 11.3 Å². The number of nitrogens with zero attached hydrogens (tertiary/aromatic N) is 2. The van der Waals surface area contributed by atoms with Gasteiger partial charge in [0, 0.05) is 38.3 Å². The molecule has 2 aliphatic rings. The van der Waals surface area contributed by atoms with Crippen molar-refractivity contribution in [2.24, 2.45) is 5.73 Å². The fourth-order valence-corrected chi connectivity index (χ4v) is 4.68. The number of aliphatic hydroxyl groups excluding tert-OH is 2. The normalized spacial score (nSPS) is 21.0. The second-order valence-electron chi connectivity index (χ2n) is 9.08. The topological polar surface area (TPSA) is 116 Å². The fraction of sp³-hybridized carbons (Fsp3) is 0.462. The molecule has 2 fully saturated rings. The summed E-state index contributed by atoms with van der Waals surface area (Å²) in [7, 11) is 0. The van der Waals surface area contributed by atoms with Gasteiger partial charge in [-0.2, -0.15) is 0 Å². The Hall–Kier alpha value is -2.94. The zero-order valence-electron chi connectivity index (χ0n) is 19.3. The van der Waals surface area contributed by atoms with Crippen molar-refractivity contribution in [3.63, 3.8) is 0 Å². The van der Waals surface area contributed by atoms with Crippen molar-refractivity contribution in [2.45, 2.75) is 43.9 Å². The van der Waals surface area contributed by atoms with Gasteiger partial charge in [-0.3, -0.25) is 9.59 Å².